The van der Waals surface area contributed by atoms with Crippen molar-refractivity contribution in [2.45, 2.75) is 112 Å². The van der Waals surface area contributed by atoms with Crippen molar-refractivity contribution in [1.82, 2.24) is 0 Å². The molecule has 1 saturated heterocycles. The van der Waals surface area contributed by atoms with Gasteiger partial charge >= 0.3 is 0 Å². The molecule has 5 aliphatic carbocycles. The minimum Gasteiger partial charge on any atom is -0.377 e. The Balaban J connectivity index is 1.29. The molecule has 5 saturated carbocycles. The van der Waals surface area contributed by atoms with Crippen molar-refractivity contribution < 1.29 is 9.53 Å². The minimum atomic E-state index is -0.286. The van der Waals surface area contributed by atoms with Gasteiger partial charge in [-0.2, -0.15) is 0 Å². The Bertz CT molecular complexity index is 1180. The molecule has 7 rings (SSSR count). The van der Waals surface area contributed by atoms with Gasteiger partial charge in [0.25, 0.3) is 0 Å². The van der Waals surface area contributed by atoms with Crippen molar-refractivity contribution in [3.05, 3.63) is 28.0 Å². The molecule has 1 aromatic rings. The maximum Gasteiger partial charge on any atom is 0.164 e. The molecule has 6 fully saturated rings. The Morgan fingerprint density at radius 3 is 2.39 bits per heavy atom. The predicted octanol–water partition coefficient (Wildman–Crippen LogP) is 9.20. The Kier molecular flexibility index (Phi) is 5.39. The molecular formula is C35H50O2S. The van der Waals surface area contributed by atoms with Crippen LogP contribution >= 0.6 is 11.3 Å². The Morgan fingerprint density at radius 1 is 0.895 bits per heavy atom. The predicted molar refractivity (Wildman–Crippen MR) is 157 cm³/mol. The summed E-state index contributed by atoms with van der Waals surface area (Å²) < 4.78 is 6.76. The molecule has 3 heteroatoms. The second-order valence-electron chi connectivity index (χ2n) is 16.7. The average Bonchev–Trinajstić information content (AvgIpc) is 3.47. The van der Waals surface area contributed by atoms with Gasteiger partial charge in [-0.1, -0.05) is 54.5 Å². The summed E-state index contributed by atoms with van der Waals surface area (Å²) >= 11 is 1.76. The van der Waals surface area contributed by atoms with Crippen molar-refractivity contribution >= 4 is 23.2 Å². The van der Waals surface area contributed by atoms with Gasteiger partial charge in [-0.25, -0.2) is 0 Å². The number of allylic oxidation sites excluding steroid dienone is 1. The maximum absolute atomic E-state index is 13.9. The third-order valence-corrected chi connectivity index (χ3v) is 15.4. The molecule has 4 unspecified atom stereocenters. The fourth-order valence-electron chi connectivity index (χ4n) is 12.5. The van der Waals surface area contributed by atoms with Crippen LogP contribution in [0.3, 0.4) is 0 Å². The number of ether oxygens (including phenoxy) is 1. The quantitative estimate of drug-likeness (QED) is 0.336. The van der Waals surface area contributed by atoms with Crippen LogP contribution in [0.1, 0.15) is 111 Å². The normalized spacial score (nSPS) is 51.6. The zero-order valence-corrected chi connectivity index (χ0v) is 25.8. The third kappa shape index (κ3) is 3.07. The SMILES string of the molecule is CC1(C)C(=O)/C(=C/c2cccs2)C[C@@]2(C)C1CC[C@]1(C)C2CCC2C3[C@H]4OC[C@@]3(CCC4(C)C)CC[C@]21C. The summed E-state index contributed by atoms with van der Waals surface area (Å²) in [6.07, 6.45) is 14.3. The van der Waals surface area contributed by atoms with E-state index >= 15 is 0 Å². The highest BCUT2D eigenvalue weighted by Gasteiger charge is 2.73. The summed E-state index contributed by atoms with van der Waals surface area (Å²) in [6.45, 7) is 18.6. The van der Waals surface area contributed by atoms with Gasteiger partial charge in [0.1, 0.15) is 0 Å². The topological polar surface area (TPSA) is 26.3 Å². The monoisotopic (exact) mass is 534 g/mol. The highest BCUT2D eigenvalue weighted by molar-refractivity contribution is 7.10. The van der Waals surface area contributed by atoms with Crippen LogP contribution in [-0.4, -0.2) is 18.5 Å². The number of thiophene rings is 1. The fraction of sp³-hybridized carbons (Fsp3) is 0.800. The summed E-state index contributed by atoms with van der Waals surface area (Å²) in [5.74, 6) is 3.09. The van der Waals surface area contributed by atoms with E-state index in [0.29, 0.717) is 45.4 Å². The zero-order valence-electron chi connectivity index (χ0n) is 25.0. The molecule has 2 heterocycles. The van der Waals surface area contributed by atoms with Crippen LogP contribution in [0.5, 0.6) is 0 Å². The van der Waals surface area contributed by atoms with Crippen LogP contribution < -0.4 is 0 Å². The maximum atomic E-state index is 13.9. The summed E-state index contributed by atoms with van der Waals surface area (Å²) in [5.41, 5.74) is 2.43. The van der Waals surface area contributed by atoms with Gasteiger partial charge in [0.2, 0.25) is 0 Å². The van der Waals surface area contributed by atoms with Crippen molar-refractivity contribution in [2.24, 2.45) is 56.2 Å². The smallest absolute Gasteiger partial charge is 0.164 e. The van der Waals surface area contributed by atoms with E-state index in [4.69, 9.17) is 4.74 Å². The van der Waals surface area contributed by atoms with Crippen LogP contribution in [-0.2, 0) is 9.53 Å². The van der Waals surface area contributed by atoms with Gasteiger partial charge in [0, 0.05) is 10.3 Å². The number of rotatable bonds is 1. The summed E-state index contributed by atoms with van der Waals surface area (Å²) in [7, 11) is 0. The van der Waals surface area contributed by atoms with E-state index in [1.807, 2.05) is 0 Å². The molecule has 2 bridgehead atoms. The highest BCUT2D eigenvalue weighted by atomic mass is 32.1. The summed E-state index contributed by atoms with van der Waals surface area (Å²) in [5, 5.41) is 2.13. The van der Waals surface area contributed by atoms with E-state index in [1.165, 1.54) is 56.2 Å². The van der Waals surface area contributed by atoms with Gasteiger partial charge in [-0.05, 0) is 132 Å². The first-order valence-corrected chi connectivity index (χ1v) is 16.6. The minimum absolute atomic E-state index is 0.179. The van der Waals surface area contributed by atoms with Gasteiger partial charge in [0.15, 0.2) is 5.78 Å². The Labute approximate surface area is 235 Å². The number of carbonyl (C=O) groups excluding carboxylic acids is 1. The zero-order chi connectivity index (χ0) is 26.9. The first kappa shape index (κ1) is 26.0. The molecule has 1 aliphatic heterocycles. The second kappa shape index (κ2) is 7.87. The number of fused-ring (bicyclic) bond motifs is 5. The van der Waals surface area contributed by atoms with Crippen LogP contribution in [0.25, 0.3) is 6.08 Å². The molecular weight excluding hydrogens is 484 g/mol. The molecule has 0 spiro atoms. The largest absolute Gasteiger partial charge is 0.377 e. The van der Waals surface area contributed by atoms with E-state index in [-0.39, 0.29) is 10.8 Å². The molecule has 0 N–H and O–H groups in total. The second-order valence-corrected chi connectivity index (χ2v) is 17.7. The lowest BCUT2D eigenvalue weighted by Crippen LogP contribution is -2.67. The highest BCUT2D eigenvalue weighted by Crippen LogP contribution is 2.78. The molecule has 38 heavy (non-hydrogen) atoms. The van der Waals surface area contributed by atoms with Crippen LogP contribution in [0.4, 0.5) is 0 Å². The first-order chi connectivity index (χ1) is 17.8. The average molecular weight is 535 g/mol. The summed E-state index contributed by atoms with van der Waals surface area (Å²) in [6, 6.07) is 4.28. The number of hydrogen-bond donors (Lipinski definition) is 0. The van der Waals surface area contributed by atoms with Crippen LogP contribution in [0.2, 0.25) is 0 Å². The van der Waals surface area contributed by atoms with Crippen LogP contribution in [0, 0.1) is 56.2 Å². The first-order valence-electron chi connectivity index (χ1n) is 15.7. The van der Waals surface area contributed by atoms with E-state index in [9.17, 15) is 4.79 Å². The Hall–Kier alpha value is -0.930. The lowest BCUT2D eigenvalue weighted by atomic mass is 9.31. The summed E-state index contributed by atoms with van der Waals surface area (Å²) in [4.78, 5) is 15.2. The molecule has 2 nitrogen and oxygen atoms in total. The molecule has 1 aromatic heterocycles. The fourth-order valence-corrected chi connectivity index (χ4v) is 13.2. The van der Waals surface area contributed by atoms with Gasteiger partial charge in [-0.15, -0.1) is 11.3 Å². The van der Waals surface area contributed by atoms with E-state index < -0.39 is 0 Å². The van der Waals surface area contributed by atoms with Gasteiger partial charge in [0.05, 0.1) is 12.7 Å². The van der Waals surface area contributed by atoms with Gasteiger partial charge < -0.3 is 4.74 Å². The van der Waals surface area contributed by atoms with E-state index in [2.05, 4.69) is 72.1 Å². The molecule has 208 valence electrons. The molecule has 0 radical (unpaired) electrons. The lowest BCUT2D eigenvalue weighted by Gasteiger charge is -2.73. The molecule has 0 aromatic carbocycles. The molecule has 6 aliphatic rings. The third-order valence-electron chi connectivity index (χ3n) is 14.6. The lowest BCUT2D eigenvalue weighted by molar-refractivity contribution is -0.236. The van der Waals surface area contributed by atoms with E-state index in [0.717, 1.165) is 30.4 Å². The van der Waals surface area contributed by atoms with Crippen LogP contribution in [0.15, 0.2) is 23.1 Å². The number of Topliss-reactive ketones (excluding diaryl/α,β-unsaturated/α-hetero) is 1. The van der Waals surface area contributed by atoms with Crippen molar-refractivity contribution in [1.29, 1.82) is 0 Å². The van der Waals surface area contributed by atoms with Gasteiger partial charge in [-0.3, -0.25) is 4.79 Å². The Morgan fingerprint density at radius 2 is 1.66 bits per heavy atom. The standard InChI is InChI=1S/C35H50O2S/c1-30(2)14-16-35-17-15-33(6)24(27(35)29(30)37-21-35)10-11-26-32(5)20-22(19-23-9-8-18-38-23)28(36)31(3,4)25(32)12-13-34(26,33)7/h8-9,18-19,24-27,29H,10-17,20-21H2,1-7H3/b22-19+/t24?,25?,26?,27?,29-,32+,33-,34-,35-/m1/s1. The van der Waals surface area contributed by atoms with E-state index in [1.54, 1.807) is 11.3 Å². The van der Waals surface area contributed by atoms with Crippen molar-refractivity contribution in [2.75, 3.05) is 6.61 Å². The van der Waals surface area contributed by atoms with Crippen molar-refractivity contribution in [3.63, 3.8) is 0 Å². The van der Waals surface area contributed by atoms with Crippen molar-refractivity contribution in [3.8, 4) is 0 Å². The number of ketones is 1. The number of carbonyl (C=O) groups is 1. The molecule has 9 atom stereocenters. The number of hydrogen-bond acceptors (Lipinski definition) is 3. The molecule has 0 amide bonds.